The van der Waals surface area contributed by atoms with Crippen LogP contribution >= 0.6 is 10.0 Å². The van der Waals surface area contributed by atoms with Crippen LogP contribution in [-0.4, -0.2) is 99.8 Å². The van der Waals surface area contributed by atoms with Gasteiger partial charge in [-0.15, -0.1) is 0 Å². The van der Waals surface area contributed by atoms with Gasteiger partial charge in [-0.2, -0.15) is 10.4 Å². The molecule has 0 saturated carbocycles. The summed E-state index contributed by atoms with van der Waals surface area (Å²) in [5.74, 6) is 1.08. The fourth-order valence-corrected chi connectivity index (χ4v) is 5.20. The lowest BCUT2D eigenvalue weighted by molar-refractivity contribution is 0.0923. The van der Waals surface area contributed by atoms with Crippen LogP contribution in [-0.2, 0) is 18.0 Å². The number of aromatic nitrogens is 5. The molecule has 2 radical (unpaired) electrons. The molecule has 11 heteroatoms. The Kier molecular flexibility index (Phi) is 8.72. The summed E-state index contributed by atoms with van der Waals surface area (Å²) in [7, 11) is 6.38. The lowest BCUT2D eigenvalue weighted by Crippen LogP contribution is -2.58. The van der Waals surface area contributed by atoms with Crippen LogP contribution in [0.1, 0.15) is 19.3 Å². The van der Waals surface area contributed by atoms with Crippen molar-refractivity contribution in [2.45, 2.75) is 38.0 Å². The van der Waals surface area contributed by atoms with E-state index in [0.29, 0.717) is 19.7 Å². The highest BCUT2D eigenvalue weighted by molar-refractivity contribution is 8.32. The fourth-order valence-electron chi connectivity index (χ4n) is 4.58. The normalized spacial score (nSPS) is 17.2. The van der Waals surface area contributed by atoms with Gasteiger partial charge in [0.1, 0.15) is 18.7 Å². The van der Waals surface area contributed by atoms with Crippen LogP contribution in [0, 0.1) is 11.3 Å². The maximum absolute atomic E-state index is 9.02. The van der Waals surface area contributed by atoms with Gasteiger partial charge in [-0.25, -0.2) is 20.0 Å². The summed E-state index contributed by atoms with van der Waals surface area (Å²) in [5.41, 5.74) is 2.07. The van der Waals surface area contributed by atoms with E-state index in [1.165, 1.54) is 0 Å². The smallest absolute Gasteiger partial charge is 0.145 e. The Bertz CT molecular complexity index is 1180. The van der Waals surface area contributed by atoms with Crippen molar-refractivity contribution in [3.63, 3.8) is 0 Å². The minimum Gasteiger partial charge on any atom is -0.360 e. The first-order chi connectivity index (χ1) is 17.3. The molecule has 0 unspecified atom stereocenters. The van der Waals surface area contributed by atoms with Crippen molar-refractivity contribution in [3.8, 4) is 17.3 Å². The van der Waals surface area contributed by atoms with E-state index in [2.05, 4.69) is 50.1 Å². The van der Waals surface area contributed by atoms with Crippen LogP contribution in [0.5, 0.6) is 0 Å². The van der Waals surface area contributed by atoms with E-state index >= 15 is 0 Å². The van der Waals surface area contributed by atoms with E-state index in [9.17, 15) is 0 Å². The molecule has 36 heavy (non-hydrogen) atoms. The van der Waals surface area contributed by atoms with Gasteiger partial charge < -0.3 is 19.5 Å². The number of hydrogen-bond acceptors (Lipinski definition) is 7. The number of nitriles is 1. The van der Waals surface area contributed by atoms with Gasteiger partial charge in [0, 0.05) is 67.1 Å². The number of fused-ring (bicyclic) bond motifs is 1. The number of nitrogens with one attached hydrogen (secondary N) is 1. The molecule has 1 aliphatic rings. The summed E-state index contributed by atoms with van der Waals surface area (Å²) < 4.78 is 9.86. The van der Waals surface area contributed by atoms with Crippen LogP contribution in [0.3, 0.4) is 0 Å². The predicted molar refractivity (Wildman–Crippen MR) is 147 cm³/mol. The highest BCUT2D eigenvalue weighted by Gasteiger charge is 2.32. The lowest BCUT2D eigenvalue weighted by Gasteiger charge is -2.44. The van der Waals surface area contributed by atoms with Crippen molar-refractivity contribution >= 4 is 28.9 Å². The average Bonchev–Trinajstić information content (AvgIpc) is 3.49. The van der Waals surface area contributed by atoms with E-state index in [1.54, 1.807) is 6.33 Å². The number of rotatable bonds is 12. The third-order valence-corrected chi connectivity index (χ3v) is 8.01. The van der Waals surface area contributed by atoms with Gasteiger partial charge >= 0.3 is 0 Å². The molecule has 192 valence electrons. The first-order valence-corrected chi connectivity index (χ1v) is 15.5. The van der Waals surface area contributed by atoms with Crippen molar-refractivity contribution in [1.82, 2.24) is 34.5 Å². The molecule has 3 aromatic heterocycles. The monoisotopic (exact) mass is 508 g/mol. The largest absolute Gasteiger partial charge is 0.360 e. The molecule has 9 nitrogen and oxygen atoms in total. The molecule has 4 rings (SSSR count). The Hall–Kier alpha value is -2.39. The average molecular weight is 509 g/mol. The Balaban J connectivity index is 1.50. The van der Waals surface area contributed by atoms with Gasteiger partial charge in [0.15, 0.2) is 0 Å². The summed E-state index contributed by atoms with van der Waals surface area (Å²) in [5, 5.41) is 18.0. The number of nitrogens with zero attached hydrogens (tertiary/aromatic N) is 7. The quantitative estimate of drug-likeness (QED) is 0.297. The number of unbranched alkanes of at least 4 members (excludes halogenated alkanes) is 1. The molecule has 0 aliphatic carbocycles. The predicted octanol–water partition coefficient (Wildman–Crippen LogP) is 2.43. The van der Waals surface area contributed by atoms with Gasteiger partial charge in [0.25, 0.3) is 0 Å². The molecule has 0 bridgehead atoms. The molecule has 1 fully saturated rings. The number of ether oxygens (including phenoxy) is 1. The van der Waals surface area contributed by atoms with E-state index in [0.717, 1.165) is 73.7 Å². The summed E-state index contributed by atoms with van der Waals surface area (Å²) >= 11 is 0. The lowest BCUT2D eigenvalue weighted by atomic mass is 9.71. The topological polar surface area (TPSA) is 96.8 Å². The molecular weight excluding hydrogens is 471 g/mol. The van der Waals surface area contributed by atoms with Crippen molar-refractivity contribution in [1.29, 1.82) is 5.26 Å². The molecule has 1 atom stereocenters. The minimum absolute atomic E-state index is 0.470. The van der Waals surface area contributed by atoms with Crippen LogP contribution in [0.2, 0.25) is 0 Å². The Morgan fingerprint density at radius 1 is 1.25 bits per heavy atom. The third kappa shape index (κ3) is 6.68. The minimum atomic E-state index is -0.574. The van der Waals surface area contributed by atoms with E-state index in [-0.39, 0.29) is 0 Å². The van der Waals surface area contributed by atoms with Gasteiger partial charge in [-0.05, 0) is 37.7 Å². The third-order valence-electron chi connectivity index (χ3n) is 6.61. The zero-order valence-electron chi connectivity index (χ0n) is 21.7. The first kappa shape index (κ1) is 26.7. The molecule has 0 spiro atoms. The molecule has 1 aliphatic heterocycles. The summed E-state index contributed by atoms with van der Waals surface area (Å²) in [4.78, 5) is 11.4. The second kappa shape index (κ2) is 11.8. The molecule has 4 heterocycles. The Labute approximate surface area is 216 Å². The van der Waals surface area contributed by atoms with E-state index in [4.69, 9.17) is 17.8 Å². The Morgan fingerprint density at radius 2 is 2.06 bits per heavy atom. The van der Waals surface area contributed by atoms with Crippen LogP contribution in [0.4, 0.5) is 0 Å². The van der Waals surface area contributed by atoms with Gasteiger partial charge in [0.05, 0.1) is 39.0 Å². The van der Waals surface area contributed by atoms with Gasteiger partial charge in [-0.1, -0.05) is 0 Å². The highest BCUT2D eigenvalue weighted by atomic mass is 32.3. The standard InChI is InChI=1S/C25H37BN8OS/c1-36(2,3)15-14-35-20-32-11-6-22-23(29-19-30-24(22)32)21-16-31-34(17-21)18-25(26,7-4-5-8-27)33-12-9-28-10-13-33/h6,11,16-17,19,28H,4-5,7,9-10,12-15,18,20H2,1-3H3/t25-/m0/s1. The summed E-state index contributed by atoms with van der Waals surface area (Å²) in [6.45, 7) is 5.37. The van der Waals surface area contributed by atoms with Crippen LogP contribution < -0.4 is 5.32 Å². The zero-order chi connectivity index (χ0) is 25.6. The molecular formula is C25H37BN8OS. The molecule has 1 N–H and O–H groups in total. The van der Waals surface area contributed by atoms with Gasteiger partial charge in [0.2, 0.25) is 0 Å². The second-order valence-electron chi connectivity index (χ2n) is 10.4. The van der Waals surface area contributed by atoms with Crippen molar-refractivity contribution in [3.05, 3.63) is 31.0 Å². The molecule has 1 saturated heterocycles. The molecule has 0 amide bonds. The summed E-state index contributed by atoms with van der Waals surface area (Å²) in [6, 6.07) is 4.28. The van der Waals surface area contributed by atoms with Crippen molar-refractivity contribution in [2.24, 2.45) is 0 Å². The van der Waals surface area contributed by atoms with Crippen molar-refractivity contribution in [2.75, 3.05) is 57.3 Å². The maximum atomic E-state index is 9.02. The van der Waals surface area contributed by atoms with Crippen LogP contribution in [0.25, 0.3) is 22.3 Å². The summed E-state index contributed by atoms with van der Waals surface area (Å²) in [6.07, 6.45) is 16.4. The zero-order valence-corrected chi connectivity index (χ0v) is 22.5. The maximum Gasteiger partial charge on any atom is 0.145 e. The second-order valence-corrected chi connectivity index (χ2v) is 14.9. The van der Waals surface area contributed by atoms with E-state index < -0.39 is 15.5 Å². The highest BCUT2D eigenvalue weighted by Crippen LogP contribution is 2.33. The fraction of sp³-hybridized carbons (Fsp3) is 0.600. The molecule has 0 aromatic carbocycles. The molecule has 3 aromatic rings. The van der Waals surface area contributed by atoms with E-state index in [1.807, 2.05) is 33.9 Å². The van der Waals surface area contributed by atoms with Gasteiger partial charge in [-0.3, -0.25) is 4.68 Å². The van der Waals surface area contributed by atoms with Crippen molar-refractivity contribution < 1.29 is 4.74 Å². The number of hydrogen-bond donors (Lipinski definition) is 1. The Morgan fingerprint density at radius 3 is 2.81 bits per heavy atom. The number of piperazine rings is 1. The SMILES string of the molecule is [B][C@](CCCC#N)(Cn1cc(-c2ncnc3c2ccn3COCCS(C)(C)C)cn1)N1CCNCC1. The first-order valence-electron chi connectivity index (χ1n) is 12.5. The van der Waals surface area contributed by atoms with Crippen LogP contribution in [0.15, 0.2) is 31.0 Å².